The Morgan fingerprint density at radius 1 is 0.667 bits per heavy atom. The van der Waals surface area contributed by atoms with Crippen LogP contribution >= 0.6 is 23.7 Å². The molecule has 0 N–H and O–H groups in total. The van der Waals surface area contributed by atoms with Crippen molar-refractivity contribution in [1.29, 1.82) is 0 Å². The smallest absolute Gasteiger partial charge is 1.00 e. The molecule has 0 saturated heterocycles. The van der Waals surface area contributed by atoms with Gasteiger partial charge < -0.3 is 49.6 Å². The first kappa shape index (κ1) is 56.4. The zero-order chi connectivity index (χ0) is 2.71. The van der Waals surface area contributed by atoms with Crippen molar-refractivity contribution in [3.63, 3.8) is 0 Å². The third-order valence-electron chi connectivity index (χ3n) is 0. The Hall–Kier alpha value is 3.23. The predicted molar refractivity (Wildman–Crippen MR) is 24.3 cm³/mol. The Morgan fingerprint density at radius 3 is 0.667 bits per heavy atom. The maximum atomic E-state index is 4.26. The third-order valence-corrected chi connectivity index (χ3v) is 0. The van der Waals surface area contributed by atoms with E-state index < -0.39 is 0 Å². The van der Waals surface area contributed by atoms with Crippen molar-refractivity contribution >= 4 is 69.8 Å². The van der Waals surface area contributed by atoms with Crippen LogP contribution in [0.1, 0.15) is 0 Å². The molecule has 0 amide bonds. The molecule has 1 nitrogen and oxygen atoms in total. The molecule has 0 aliphatic heterocycles. The monoisotopic (exact) mass is 274 g/mol. The van der Waals surface area contributed by atoms with Crippen molar-refractivity contribution in [3.8, 4) is 0 Å². The summed E-state index contributed by atoms with van der Waals surface area (Å²) in [7, 11) is 0. The van der Waals surface area contributed by atoms with Crippen LogP contribution in [0.15, 0.2) is 0 Å². The third kappa shape index (κ3) is 91.6. The van der Waals surface area contributed by atoms with E-state index in [1.165, 1.54) is 0 Å². The van der Waals surface area contributed by atoms with Crippen LogP contribution in [0, 0.1) is 0 Å². The molecule has 0 atom stereocenters. The summed E-state index contributed by atoms with van der Waals surface area (Å²) in [6, 6.07) is 0. The van der Waals surface area contributed by atoms with Gasteiger partial charge in [-0.3, -0.25) is 0 Å². The SMILES string of the molecule is ClOCl.[Cl-].[Cl-].[Cl-].[Cl-].[Mg+2].[Mg+2]. The van der Waals surface area contributed by atoms with Gasteiger partial charge in [0, 0.05) is 0 Å². The molecule has 0 unspecified atom stereocenters. The Kier molecular flexibility index (Phi) is 411. The van der Waals surface area contributed by atoms with E-state index in [1.54, 1.807) is 0 Å². The zero-order valence-electron chi connectivity index (χ0n) is 4.09. The van der Waals surface area contributed by atoms with E-state index >= 15 is 0 Å². The van der Waals surface area contributed by atoms with Crippen LogP contribution in [-0.2, 0) is 3.84 Å². The summed E-state index contributed by atoms with van der Waals surface area (Å²) in [5.41, 5.74) is 0. The summed E-state index contributed by atoms with van der Waals surface area (Å²) in [5.74, 6) is 0. The Morgan fingerprint density at radius 2 is 0.667 bits per heavy atom. The molecular formula is Cl6Mg2O. The van der Waals surface area contributed by atoms with E-state index in [9.17, 15) is 0 Å². The molecule has 0 aliphatic carbocycles. The second kappa shape index (κ2) is 65.7. The van der Waals surface area contributed by atoms with Gasteiger partial charge in [-0.15, -0.1) is 0 Å². The van der Waals surface area contributed by atoms with E-state index in [0.29, 0.717) is 0 Å². The summed E-state index contributed by atoms with van der Waals surface area (Å²) < 4.78 is 3.19. The van der Waals surface area contributed by atoms with Gasteiger partial charge >= 0.3 is 46.1 Å². The first-order chi connectivity index (χ1) is 1.41. The van der Waals surface area contributed by atoms with Crippen molar-refractivity contribution in [3.05, 3.63) is 0 Å². The number of hydrogen-bond donors (Lipinski definition) is 0. The first-order valence-electron chi connectivity index (χ1n) is 0.309. The standard InChI is InChI=1S/Cl2O.4ClH.2Mg/c1-3-2;;;;;;/h;4*1H;;/q;;;;;2*+2/p-4. The molecule has 0 aliphatic rings. The maximum Gasteiger partial charge on any atom is 2.00 e. The van der Waals surface area contributed by atoms with Crippen LogP contribution in [0.3, 0.4) is 0 Å². The largest absolute Gasteiger partial charge is 2.00 e. The Balaban J connectivity index is -0.00000000133. The molecule has 0 rings (SSSR count). The van der Waals surface area contributed by atoms with Gasteiger partial charge in [0.1, 0.15) is 0 Å². The summed E-state index contributed by atoms with van der Waals surface area (Å²) in [4.78, 5) is 0. The van der Waals surface area contributed by atoms with Gasteiger partial charge in [-0.1, -0.05) is 0 Å². The Labute approximate surface area is 122 Å². The average molecular weight is 277 g/mol. The van der Waals surface area contributed by atoms with Gasteiger partial charge in [-0.2, -0.15) is 3.84 Å². The molecule has 9 heteroatoms. The predicted octanol–water partition coefficient (Wildman–Crippen LogP) is -11.4. The second-order valence-corrected chi connectivity index (χ2v) is 0.525. The van der Waals surface area contributed by atoms with Gasteiger partial charge in [-0.05, 0) is 0 Å². The molecule has 0 aromatic rings. The summed E-state index contributed by atoms with van der Waals surface area (Å²) in [6.45, 7) is 0. The van der Waals surface area contributed by atoms with Crippen molar-refractivity contribution in [2.75, 3.05) is 0 Å². The Bertz CT molecular complexity index is 11.0. The van der Waals surface area contributed by atoms with Crippen molar-refractivity contribution in [2.24, 2.45) is 0 Å². The first-order valence-corrected chi connectivity index (χ1v) is 0.926. The average Bonchev–Trinajstić information content (AvgIpc) is 0.918. The van der Waals surface area contributed by atoms with E-state index in [1.807, 2.05) is 0 Å². The molecule has 52 valence electrons. The molecule has 0 radical (unpaired) electrons. The molecule has 0 spiro atoms. The van der Waals surface area contributed by atoms with Crippen LogP contribution in [0.4, 0.5) is 0 Å². The van der Waals surface area contributed by atoms with Gasteiger partial charge in [0.25, 0.3) is 0 Å². The van der Waals surface area contributed by atoms with Crippen LogP contribution in [0.25, 0.3) is 0 Å². The summed E-state index contributed by atoms with van der Waals surface area (Å²) in [5, 5.41) is 0. The van der Waals surface area contributed by atoms with E-state index in [-0.39, 0.29) is 95.7 Å². The zero-order valence-corrected chi connectivity index (χ0v) is 11.5. The molecule has 0 fully saturated rings. The number of hydrogen-bond acceptors (Lipinski definition) is 1. The fraction of sp³-hybridized carbons (Fsp3) is 0. The molecule has 0 heterocycles. The fourth-order valence-electron chi connectivity index (χ4n) is 0. The molecular weight excluding hydrogens is 277 g/mol. The van der Waals surface area contributed by atoms with Crippen molar-refractivity contribution in [1.82, 2.24) is 0 Å². The molecule has 0 bridgehead atoms. The van der Waals surface area contributed by atoms with Gasteiger partial charge in [0.15, 0.2) is 0 Å². The van der Waals surface area contributed by atoms with E-state index in [0.717, 1.165) is 0 Å². The fourth-order valence-corrected chi connectivity index (χ4v) is 0. The quantitative estimate of drug-likeness (QED) is 0.400. The van der Waals surface area contributed by atoms with E-state index in [2.05, 4.69) is 27.6 Å². The van der Waals surface area contributed by atoms with Crippen molar-refractivity contribution in [2.45, 2.75) is 0 Å². The van der Waals surface area contributed by atoms with Crippen LogP contribution in [-0.4, -0.2) is 46.1 Å². The molecule has 9 heavy (non-hydrogen) atoms. The molecule has 0 saturated carbocycles. The normalized spacial score (nSPS) is 2.00. The van der Waals surface area contributed by atoms with E-state index in [4.69, 9.17) is 0 Å². The van der Waals surface area contributed by atoms with Gasteiger partial charge in [0.2, 0.25) is 0 Å². The summed E-state index contributed by atoms with van der Waals surface area (Å²) in [6.07, 6.45) is 0. The summed E-state index contributed by atoms with van der Waals surface area (Å²) >= 11 is 8.53. The van der Waals surface area contributed by atoms with Gasteiger partial charge in [-0.25, -0.2) is 0 Å². The minimum absolute atomic E-state index is 0. The minimum Gasteiger partial charge on any atom is -1.00 e. The topological polar surface area (TPSA) is 9.23 Å². The van der Waals surface area contributed by atoms with Crippen LogP contribution in [0.2, 0.25) is 0 Å². The number of halogens is 6. The maximum absolute atomic E-state index is 4.26. The van der Waals surface area contributed by atoms with Crippen LogP contribution < -0.4 is 49.6 Å². The minimum atomic E-state index is 0. The van der Waals surface area contributed by atoms with Crippen LogP contribution in [0.5, 0.6) is 0 Å². The molecule has 0 aromatic carbocycles. The van der Waals surface area contributed by atoms with Crippen molar-refractivity contribution < 1.29 is 53.5 Å². The molecule has 0 aromatic heterocycles. The number of rotatable bonds is 0. The second-order valence-electron chi connectivity index (χ2n) is 0.0583. The van der Waals surface area contributed by atoms with Gasteiger partial charge in [0.05, 0.1) is 23.7 Å².